The molecular weight excluding hydrogens is 389 g/mol. The van der Waals surface area contributed by atoms with Gasteiger partial charge in [-0.2, -0.15) is 0 Å². The van der Waals surface area contributed by atoms with Crippen LogP contribution < -0.4 is 5.32 Å². The van der Waals surface area contributed by atoms with E-state index in [1.54, 1.807) is 6.07 Å². The third kappa shape index (κ3) is 5.19. The fraction of sp³-hybridized carbons (Fsp3) is 0.125. The maximum absolute atomic E-state index is 12.1. The summed E-state index contributed by atoms with van der Waals surface area (Å²) in [4.78, 5) is 23.8. The molecule has 2 aromatic carbocycles. The minimum atomic E-state index is -3.61. The van der Waals surface area contributed by atoms with E-state index in [-0.39, 0.29) is 21.2 Å². The summed E-state index contributed by atoms with van der Waals surface area (Å²) in [5.74, 6) is -1.57. The maximum Gasteiger partial charge on any atom is 0.339 e. The second kappa shape index (κ2) is 7.86. The summed E-state index contributed by atoms with van der Waals surface area (Å²) in [6, 6.07) is 10.1. The number of nitrogens with one attached hydrogen (secondary N) is 1. The summed E-state index contributed by atoms with van der Waals surface area (Å²) < 4.78 is 28.3. The van der Waals surface area contributed by atoms with Gasteiger partial charge >= 0.3 is 5.97 Å². The largest absolute Gasteiger partial charge is 0.452 e. The zero-order chi connectivity index (χ0) is 18.6. The fourth-order valence-corrected chi connectivity index (χ4v) is 3.16. The standard InChI is InChI=1S/C16H13Cl2NO5S/c1-25(22,23)14-5-3-2-4-11(14)16(21)24-9-15(20)19-13-8-10(17)6-7-12(13)18/h2-8H,9H2,1H3,(H,19,20). The second-order valence-corrected chi connectivity index (χ2v) is 7.84. The van der Waals surface area contributed by atoms with Gasteiger partial charge in [0.25, 0.3) is 5.91 Å². The first kappa shape index (κ1) is 19.2. The number of anilines is 1. The van der Waals surface area contributed by atoms with Crippen molar-refractivity contribution < 1.29 is 22.7 Å². The molecule has 1 amide bonds. The van der Waals surface area contributed by atoms with E-state index >= 15 is 0 Å². The molecule has 0 saturated heterocycles. The SMILES string of the molecule is CS(=O)(=O)c1ccccc1C(=O)OCC(=O)Nc1cc(Cl)ccc1Cl. The van der Waals surface area contributed by atoms with Gasteiger partial charge in [-0.05, 0) is 30.3 Å². The Balaban J connectivity index is 2.06. The molecular formula is C16H13Cl2NO5S. The van der Waals surface area contributed by atoms with Crippen molar-refractivity contribution >= 4 is 50.6 Å². The molecule has 0 bridgehead atoms. The van der Waals surface area contributed by atoms with E-state index < -0.39 is 28.3 Å². The maximum atomic E-state index is 12.1. The average molecular weight is 402 g/mol. The molecule has 0 spiro atoms. The number of hydrogen-bond donors (Lipinski definition) is 1. The van der Waals surface area contributed by atoms with Crippen LogP contribution >= 0.6 is 23.2 Å². The van der Waals surface area contributed by atoms with Gasteiger partial charge in [-0.3, -0.25) is 4.79 Å². The van der Waals surface area contributed by atoms with Crippen molar-refractivity contribution in [3.8, 4) is 0 Å². The highest BCUT2D eigenvalue weighted by Gasteiger charge is 2.20. The van der Waals surface area contributed by atoms with Crippen LogP contribution in [-0.2, 0) is 19.4 Å². The number of halogens is 2. The van der Waals surface area contributed by atoms with E-state index in [1.807, 2.05) is 0 Å². The first-order valence-corrected chi connectivity index (χ1v) is 9.54. The van der Waals surface area contributed by atoms with E-state index in [2.05, 4.69) is 5.32 Å². The molecule has 0 unspecified atom stereocenters. The Hall–Kier alpha value is -2.09. The van der Waals surface area contributed by atoms with Gasteiger partial charge < -0.3 is 10.1 Å². The van der Waals surface area contributed by atoms with Gasteiger partial charge in [0.05, 0.1) is 21.2 Å². The summed E-state index contributed by atoms with van der Waals surface area (Å²) in [6.45, 7) is -0.611. The van der Waals surface area contributed by atoms with Crippen molar-refractivity contribution in [3.63, 3.8) is 0 Å². The zero-order valence-corrected chi connectivity index (χ0v) is 15.3. The van der Waals surface area contributed by atoms with Crippen LogP contribution in [0.1, 0.15) is 10.4 Å². The molecule has 0 saturated carbocycles. The molecule has 2 aromatic rings. The molecule has 1 N–H and O–H groups in total. The number of amides is 1. The monoisotopic (exact) mass is 401 g/mol. The van der Waals surface area contributed by atoms with E-state index in [0.717, 1.165) is 6.26 Å². The van der Waals surface area contributed by atoms with E-state index in [1.165, 1.54) is 36.4 Å². The first-order chi connectivity index (χ1) is 11.7. The lowest BCUT2D eigenvalue weighted by Gasteiger charge is -2.10. The fourth-order valence-electron chi connectivity index (χ4n) is 1.95. The number of sulfone groups is 1. The highest BCUT2D eigenvalue weighted by molar-refractivity contribution is 7.90. The van der Waals surface area contributed by atoms with Gasteiger partial charge in [0, 0.05) is 11.3 Å². The Morgan fingerprint density at radius 2 is 1.80 bits per heavy atom. The Kier molecular flexibility index (Phi) is 6.05. The van der Waals surface area contributed by atoms with Gasteiger partial charge in [0.1, 0.15) is 0 Å². The number of hydrogen-bond acceptors (Lipinski definition) is 5. The molecule has 0 aliphatic rings. The van der Waals surface area contributed by atoms with Crippen LogP contribution in [0.25, 0.3) is 0 Å². The van der Waals surface area contributed by atoms with Crippen molar-refractivity contribution in [3.05, 3.63) is 58.1 Å². The van der Waals surface area contributed by atoms with E-state index in [9.17, 15) is 18.0 Å². The topological polar surface area (TPSA) is 89.5 Å². The summed E-state index contributed by atoms with van der Waals surface area (Å²) >= 11 is 11.7. The van der Waals surface area contributed by atoms with Crippen LogP contribution in [-0.4, -0.2) is 33.2 Å². The van der Waals surface area contributed by atoms with Crippen LogP contribution in [0.3, 0.4) is 0 Å². The highest BCUT2D eigenvalue weighted by atomic mass is 35.5. The van der Waals surface area contributed by atoms with Crippen molar-refractivity contribution in [1.82, 2.24) is 0 Å². The number of esters is 1. The molecule has 9 heteroatoms. The third-order valence-corrected chi connectivity index (χ3v) is 4.76. The van der Waals surface area contributed by atoms with E-state index in [4.69, 9.17) is 27.9 Å². The summed E-state index contributed by atoms with van der Waals surface area (Å²) in [5, 5.41) is 3.10. The lowest BCUT2D eigenvalue weighted by Crippen LogP contribution is -2.22. The van der Waals surface area contributed by atoms with E-state index in [0.29, 0.717) is 5.02 Å². The predicted octanol–water partition coefficient (Wildman–Crippen LogP) is 3.19. The van der Waals surface area contributed by atoms with Gasteiger partial charge in [0.2, 0.25) is 0 Å². The summed E-state index contributed by atoms with van der Waals surface area (Å²) in [6.07, 6.45) is 0.979. The third-order valence-electron chi connectivity index (χ3n) is 3.04. The molecule has 0 atom stereocenters. The number of carbonyl (C=O) groups is 2. The molecule has 0 fully saturated rings. The number of rotatable bonds is 5. The Labute approximate surface area is 154 Å². The second-order valence-electron chi connectivity index (χ2n) is 5.02. The van der Waals surface area contributed by atoms with Crippen molar-refractivity contribution in [2.45, 2.75) is 4.90 Å². The van der Waals surface area contributed by atoms with Crippen LogP contribution in [0.4, 0.5) is 5.69 Å². The van der Waals surface area contributed by atoms with Crippen molar-refractivity contribution in [2.75, 3.05) is 18.2 Å². The quantitative estimate of drug-likeness (QED) is 0.776. The Morgan fingerprint density at radius 1 is 1.12 bits per heavy atom. The summed E-state index contributed by atoms with van der Waals surface area (Å²) in [7, 11) is -3.61. The van der Waals surface area contributed by atoms with Crippen molar-refractivity contribution in [1.29, 1.82) is 0 Å². The lowest BCUT2D eigenvalue weighted by molar-refractivity contribution is -0.119. The Bertz CT molecular complexity index is 928. The first-order valence-electron chi connectivity index (χ1n) is 6.89. The minimum absolute atomic E-state index is 0.140. The predicted molar refractivity (Wildman–Crippen MR) is 94.9 cm³/mol. The highest BCUT2D eigenvalue weighted by Crippen LogP contribution is 2.25. The molecule has 2 rings (SSSR count). The molecule has 0 aromatic heterocycles. The molecule has 0 aliphatic carbocycles. The molecule has 132 valence electrons. The number of ether oxygens (including phenoxy) is 1. The zero-order valence-electron chi connectivity index (χ0n) is 13.0. The van der Waals surface area contributed by atoms with Crippen LogP contribution in [0.15, 0.2) is 47.4 Å². The molecule has 25 heavy (non-hydrogen) atoms. The number of carbonyl (C=O) groups excluding carboxylic acids is 2. The molecule has 0 radical (unpaired) electrons. The number of benzene rings is 2. The lowest BCUT2D eigenvalue weighted by atomic mass is 10.2. The Morgan fingerprint density at radius 3 is 2.48 bits per heavy atom. The van der Waals surface area contributed by atoms with Crippen LogP contribution in [0.5, 0.6) is 0 Å². The smallest absolute Gasteiger partial charge is 0.339 e. The molecule has 6 nitrogen and oxygen atoms in total. The van der Waals surface area contributed by atoms with Crippen LogP contribution in [0, 0.1) is 0 Å². The average Bonchev–Trinajstić information content (AvgIpc) is 2.55. The van der Waals surface area contributed by atoms with Crippen molar-refractivity contribution in [2.24, 2.45) is 0 Å². The summed E-state index contributed by atoms with van der Waals surface area (Å²) in [5.41, 5.74) is 0.130. The van der Waals surface area contributed by atoms with Crippen LogP contribution in [0.2, 0.25) is 10.0 Å². The van der Waals surface area contributed by atoms with Gasteiger partial charge in [-0.25, -0.2) is 13.2 Å². The van der Waals surface area contributed by atoms with Gasteiger partial charge in [0.15, 0.2) is 16.4 Å². The molecule has 0 heterocycles. The van der Waals surface area contributed by atoms with Gasteiger partial charge in [-0.15, -0.1) is 0 Å². The van der Waals surface area contributed by atoms with Gasteiger partial charge in [-0.1, -0.05) is 35.3 Å². The normalized spacial score (nSPS) is 11.0. The molecule has 0 aliphatic heterocycles. The minimum Gasteiger partial charge on any atom is -0.452 e.